The van der Waals surface area contributed by atoms with Crippen LogP contribution in [0.15, 0.2) is 79.0 Å². The number of hydrogen-bond donors (Lipinski definition) is 1. The summed E-state index contributed by atoms with van der Waals surface area (Å²) in [4.78, 5) is 18.3. The molecule has 1 aliphatic heterocycles. The summed E-state index contributed by atoms with van der Waals surface area (Å²) in [5.41, 5.74) is 2.18. The van der Waals surface area contributed by atoms with Gasteiger partial charge in [-0.05, 0) is 67.9 Å². The Hall–Kier alpha value is -3.18. The van der Waals surface area contributed by atoms with Gasteiger partial charge in [0.05, 0.1) is 5.92 Å². The number of piperidine rings is 1. The second kappa shape index (κ2) is 9.55. The van der Waals surface area contributed by atoms with Gasteiger partial charge in [0.25, 0.3) is 0 Å². The number of benzene rings is 2. The molecule has 5 heteroatoms. The van der Waals surface area contributed by atoms with Gasteiger partial charge in [-0.15, -0.1) is 0 Å². The summed E-state index contributed by atoms with van der Waals surface area (Å²) in [6, 6.07) is 24.0. The molecule has 0 saturated carbocycles. The van der Waals surface area contributed by atoms with Gasteiger partial charge < -0.3 is 9.84 Å². The number of likely N-dealkylation sites (tertiary alicyclic amines) is 1. The zero-order chi connectivity index (χ0) is 20.8. The summed E-state index contributed by atoms with van der Waals surface area (Å²) in [5.74, 6) is 0.669. The highest BCUT2D eigenvalue weighted by atomic mass is 16.5. The number of carbonyl (C=O) groups is 1. The molecule has 1 N–H and O–H groups in total. The largest absolute Gasteiger partial charge is 0.481 e. The zero-order valence-electron chi connectivity index (χ0n) is 16.9. The van der Waals surface area contributed by atoms with Crippen molar-refractivity contribution < 1.29 is 14.6 Å². The van der Waals surface area contributed by atoms with Crippen molar-refractivity contribution >= 4 is 5.97 Å². The second-order valence-corrected chi connectivity index (χ2v) is 7.68. The number of nitrogens with zero attached hydrogens (tertiary/aromatic N) is 2. The van der Waals surface area contributed by atoms with E-state index < -0.39 is 5.97 Å². The molecule has 1 saturated heterocycles. The molecule has 3 aromatic rings. The Labute approximate surface area is 177 Å². The first kappa shape index (κ1) is 20.1. The van der Waals surface area contributed by atoms with E-state index in [-0.39, 0.29) is 12.0 Å². The average Bonchev–Trinajstić information content (AvgIpc) is 2.79. The van der Waals surface area contributed by atoms with E-state index in [1.165, 1.54) is 0 Å². The number of hydrogen-bond acceptors (Lipinski definition) is 4. The minimum Gasteiger partial charge on any atom is -0.481 e. The molecule has 0 spiro atoms. The summed E-state index contributed by atoms with van der Waals surface area (Å²) in [5, 5.41) is 9.35. The van der Waals surface area contributed by atoms with Crippen molar-refractivity contribution in [3.8, 4) is 11.5 Å². The first-order chi connectivity index (χ1) is 14.7. The lowest BCUT2D eigenvalue weighted by Gasteiger charge is -2.37. The van der Waals surface area contributed by atoms with Gasteiger partial charge in [-0.3, -0.25) is 14.7 Å². The molecule has 1 atom stereocenters. The molecular formula is C25H26N2O3. The number of rotatable bonds is 7. The normalized spacial score (nSPS) is 16.1. The Kier molecular flexibility index (Phi) is 6.40. The van der Waals surface area contributed by atoms with Crippen LogP contribution < -0.4 is 4.74 Å². The van der Waals surface area contributed by atoms with Crippen LogP contribution in [-0.4, -0.2) is 34.0 Å². The molecule has 1 aliphatic rings. The molecule has 1 aromatic heterocycles. The molecule has 1 fully saturated rings. The van der Waals surface area contributed by atoms with Gasteiger partial charge in [0.1, 0.15) is 11.5 Å². The Morgan fingerprint density at radius 1 is 1.00 bits per heavy atom. The molecule has 0 amide bonds. The number of aromatic nitrogens is 1. The van der Waals surface area contributed by atoms with Gasteiger partial charge in [-0.1, -0.05) is 36.4 Å². The van der Waals surface area contributed by atoms with E-state index >= 15 is 0 Å². The fraction of sp³-hybridized carbons (Fsp3) is 0.280. The molecule has 2 aromatic carbocycles. The van der Waals surface area contributed by atoms with E-state index in [0.29, 0.717) is 12.8 Å². The van der Waals surface area contributed by atoms with Crippen molar-refractivity contribution in [2.45, 2.75) is 25.3 Å². The van der Waals surface area contributed by atoms with Gasteiger partial charge in [-0.2, -0.15) is 0 Å². The number of carboxylic acid groups (broad SMARTS) is 1. The van der Waals surface area contributed by atoms with Gasteiger partial charge in [0.15, 0.2) is 0 Å². The average molecular weight is 402 g/mol. The van der Waals surface area contributed by atoms with Crippen molar-refractivity contribution in [2.75, 3.05) is 13.1 Å². The highest BCUT2D eigenvalue weighted by Crippen LogP contribution is 2.32. The van der Waals surface area contributed by atoms with Gasteiger partial charge >= 0.3 is 5.97 Å². The second-order valence-electron chi connectivity index (χ2n) is 7.68. The number of para-hydroxylation sites is 1. The van der Waals surface area contributed by atoms with Crippen LogP contribution in [0.25, 0.3) is 0 Å². The van der Waals surface area contributed by atoms with Crippen LogP contribution >= 0.6 is 0 Å². The van der Waals surface area contributed by atoms with Crippen molar-refractivity contribution in [2.24, 2.45) is 5.92 Å². The molecular weight excluding hydrogens is 376 g/mol. The summed E-state index contributed by atoms with van der Waals surface area (Å²) in [7, 11) is 0. The van der Waals surface area contributed by atoms with Crippen molar-refractivity contribution in [1.82, 2.24) is 9.88 Å². The maximum Gasteiger partial charge on any atom is 0.306 e. The van der Waals surface area contributed by atoms with E-state index in [9.17, 15) is 9.90 Å². The number of pyridine rings is 1. The molecule has 1 unspecified atom stereocenters. The van der Waals surface area contributed by atoms with Crippen molar-refractivity contribution in [1.29, 1.82) is 0 Å². The van der Waals surface area contributed by atoms with Crippen LogP contribution in [0.1, 0.15) is 30.1 Å². The van der Waals surface area contributed by atoms with Crippen LogP contribution in [0.5, 0.6) is 11.5 Å². The number of aliphatic carboxylic acids is 1. The van der Waals surface area contributed by atoms with Gasteiger partial charge in [0.2, 0.25) is 0 Å². The standard InChI is InChI=1S/C25H26N2O3/c28-25(29)19-12-15-27(16-13-19)24(18-21-8-4-5-14-26-21)20-7-6-11-23(17-20)30-22-9-2-1-3-10-22/h1-11,14,17,19,24H,12-13,15-16,18H2,(H,28,29). The highest BCUT2D eigenvalue weighted by Gasteiger charge is 2.29. The Morgan fingerprint density at radius 3 is 2.43 bits per heavy atom. The third-order valence-corrected chi connectivity index (χ3v) is 5.67. The fourth-order valence-electron chi connectivity index (χ4n) is 4.04. The monoisotopic (exact) mass is 402 g/mol. The predicted molar refractivity (Wildman–Crippen MR) is 116 cm³/mol. The van der Waals surface area contributed by atoms with Crippen LogP contribution in [0, 0.1) is 5.92 Å². The number of carboxylic acids is 1. The Bertz CT molecular complexity index is 954. The molecule has 0 bridgehead atoms. The molecule has 0 radical (unpaired) electrons. The molecule has 2 heterocycles. The van der Waals surface area contributed by atoms with E-state index in [1.807, 2.05) is 66.9 Å². The molecule has 4 rings (SSSR count). The Balaban J connectivity index is 1.57. The SMILES string of the molecule is O=C(O)C1CCN(C(Cc2ccccn2)c2cccc(Oc3ccccc3)c2)CC1. The fourth-order valence-corrected chi connectivity index (χ4v) is 4.04. The molecule has 154 valence electrons. The summed E-state index contributed by atoms with van der Waals surface area (Å²) in [6.45, 7) is 1.52. The lowest BCUT2D eigenvalue weighted by molar-refractivity contribution is -0.143. The van der Waals surface area contributed by atoms with Crippen LogP contribution in [-0.2, 0) is 11.2 Å². The lowest BCUT2D eigenvalue weighted by atomic mass is 9.92. The zero-order valence-corrected chi connectivity index (χ0v) is 16.9. The van der Waals surface area contributed by atoms with Crippen molar-refractivity contribution in [3.05, 3.63) is 90.3 Å². The van der Waals surface area contributed by atoms with Crippen LogP contribution in [0.4, 0.5) is 0 Å². The lowest BCUT2D eigenvalue weighted by Crippen LogP contribution is -2.39. The van der Waals surface area contributed by atoms with Gasteiger partial charge in [0, 0.05) is 24.4 Å². The predicted octanol–water partition coefficient (Wildman–Crippen LogP) is 4.95. The van der Waals surface area contributed by atoms with E-state index in [0.717, 1.165) is 42.3 Å². The third kappa shape index (κ3) is 5.05. The van der Waals surface area contributed by atoms with Crippen molar-refractivity contribution in [3.63, 3.8) is 0 Å². The minimum atomic E-state index is -0.686. The third-order valence-electron chi connectivity index (χ3n) is 5.67. The molecule has 5 nitrogen and oxygen atoms in total. The van der Waals surface area contributed by atoms with E-state index in [2.05, 4.69) is 22.0 Å². The molecule has 0 aliphatic carbocycles. The Morgan fingerprint density at radius 2 is 1.73 bits per heavy atom. The quantitative estimate of drug-likeness (QED) is 0.606. The maximum absolute atomic E-state index is 11.4. The van der Waals surface area contributed by atoms with Crippen LogP contribution in [0.3, 0.4) is 0 Å². The molecule has 30 heavy (non-hydrogen) atoms. The minimum absolute atomic E-state index is 0.119. The summed E-state index contributed by atoms with van der Waals surface area (Å²) in [6.07, 6.45) is 3.94. The van der Waals surface area contributed by atoms with E-state index in [4.69, 9.17) is 4.74 Å². The highest BCUT2D eigenvalue weighted by molar-refractivity contribution is 5.70. The van der Waals surface area contributed by atoms with Crippen LogP contribution in [0.2, 0.25) is 0 Å². The summed E-state index contributed by atoms with van der Waals surface area (Å²) >= 11 is 0. The van der Waals surface area contributed by atoms with E-state index in [1.54, 1.807) is 0 Å². The van der Waals surface area contributed by atoms with Gasteiger partial charge in [-0.25, -0.2) is 0 Å². The first-order valence-electron chi connectivity index (χ1n) is 10.4. The smallest absolute Gasteiger partial charge is 0.306 e. The topological polar surface area (TPSA) is 62.7 Å². The first-order valence-corrected chi connectivity index (χ1v) is 10.4. The number of ether oxygens (including phenoxy) is 1. The maximum atomic E-state index is 11.4. The summed E-state index contributed by atoms with van der Waals surface area (Å²) < 4.78 is 6.04.